The summed E-state index contributed by atoms with van der Waals surface area (Å²) in [4.78, 5) is 3.92. The van der Waals surface area contributed by atoms with Crippen molar-refractivity contribution in [2.24, 2.45) is 0 Å². The van der Waals surface area contributed by atoms with E-state index in [2.05, 4.69) is 4.98 Å². The number of aliphatic hydroxyl groups is 1. The van der Waals surface area contributed by atoms with Gasteiger partial charge in [-0.25, -0.2) is 8.42 Å². The van der Waals surface area contributed by atoms with Crippen molar-refractivity contribution in [2.75, 3.05) is 18.1 Å². The van der Waals surface area contributed by atoms with Gasteiger partial charge in [-0.05, 0) is 18.9 Å². The van der Waals surface area contributed by atoms with Gasteiger partial charge in [-0.3, -0.25) is 4.98 Å². The summed E-state index contributed by atoms with van der Waals surface area (Å²) in [6.07, 6.45) is 5.72. The smallest absolute Gasteiger partial charge is 0.180 e. The van der Waals surface area contributed by atoms with E-state index in [0.29, 0.717) is 6.42 Å². The van der Waals surface area contributed by atoms with Crippen LogP contribution in [-0.2, 0) is 9.84 Å². The van der Waals surface area contributed by atoms with Crippen molar-refractivity contribution in [3.8, 4) is 0 Å². The van der Waals surface area contributed by atoms with Crippen molar-refractivity contribution in [2.45, 2.75) is 30.6 Å². The predicted octanol–water partition coefficient (Wildman–Crippen LogP) is 0.990. The number of pyridine rings is 1. The molecule has 0 spiro atoms. The van der Waals surface area contributed by atoms with Gasteiger partial charge in [-0.2, -0.15) is 0 Å². The first kappa shape index (κ1) is 13.9. The lowest BCUT2D eigenvalue weighted by atomic mass is 10.2. The quantitative estimate of drug-likeness (QED) is 0.711. The van der Waals surface area contributed by atoms with Gasteiger partial charge in [0, 0.05) is 12.8 Å². The zero-order valence-electron chi connectivity index (χ0n) is 9.67. The van der Waals surface area contributed by atoms with E-state index < -0.39 is 9.84 Å². The summed E-state index contributed by atoms with van der Waals surface area (Å²) in [5.74, 6) is 0.0899. The van der Waals surface area contributed by atoms with Crippen LogP contribution in [0, 0.1) is 0 Å². The van der Waals surface area contributed by atoms with Gasteiger partial charge in [0.15, 0.2) is 9.84 Å². The Morgan fingerprint density at radius 3 is 2.59 bits per heavy atom. The van der Waals surface area contributed by atoms with Gasteiger partial charge >= 0.3 is 0 Å². The van der Waals surface area contributed by atoms with E-state index in [4.69, 9.17) is 10.8 Å². The minimum atomic E-state index is -3.31. The molecule has 3 N–H and O–H groups in total. The fraction of sp³-hybridized carbons (Fsp3) is 0.545. The van der Waals surface area contributed by atoms with Crippen molar-refractivity contribution >= 4 is 15.5 Å². The highest BCUT2D eigenvalue weighted by molar-refractivity contribution is 7.91. The van der Waals surface area contributed by atoms with Crippen molar-refractivity contribution in [1.29, 1.82) is 0 Å². The van der Waals surface area contributed by atoms with E-state index >= 15 is 0 Å². The molecule has 0 aromatic carbocycles. The zero-order chi connectivity index (χ0) is 12.7. The van der Waals surface area contributed by atoms with Crippen LogP contribution >= 0.6 is 0 Å². The van der Waals surface area contributed by atoms with Gasteiger partial charge in [-0.15, -0.1) is 0 Å². The van der Waals surface area contributed by atoms with Gasteiger partial charge in [0.25, 0.3) is 0 Å². The van der Waals surface area contributed by atoms with Crippen molar-refractivity contribution in [3.05, 3.63) is 18.5 Å². The minimum absolute atomic E-state index is 0.0899. The summed E-state index contributed by atoms with van der Waals surface area (Å²) in [6, 6.07) is 1.43. The second kappa shape index (κ2) is 6.56. The highest BCUT2D eigenvalue weighted by atomic mass is 32.2. The molecule has 0 aliphatic heterocycles. The fourth-order valence-electron chi connectivity index (χ4n) is 1.54. The molecule has 1 aromatic rings. The molecule has 0 aliphatic carbocycles. The van der Waals surface area contributed by atoms with Gasteiger partial charge in [-0.1, -0.05) is 12.8 Å². The van der Waals surface area contributed by atoms with Crippen LogP contribution in [-0.4, -0.2) is 30.9 Å². The molecule has 6 heteroatoms. The topological polar surface area (TPSA) is 93.3 Å². The number of nitrogen functional groups attached to an aromatic ring is 1. The molecule has 0 bridgehead atoms. The number of sulfone groups is 1. The summed E-state index contributed by atoms with van der Waals surface area (Å²) >= 11 is 0. The Kier molecular flexibility index (Phi) is 5.37. The molecule has 0 atom stereocenters. The van der Waals surface area contributed by atoms with Crippen molar-refractivity contribution in [3.63, 3.8) is 0 Å². The maximum Gasteiger partial charge on any atom is 0.180 e. The third kappa shape index (κ3) is 4.32. The molecule has 0 saturated carbocycles. The molecule has 5 nitrogen and oxygen atoms in total. The second-order valence-electron chi connectivity index (χ2n) is 3.87. The lowest BCUT2D eigenvalue weighted by Crippen LogP contribution is -2.09. The second-order valence-corrected chi connectivity index (χ2v) is 5.95. The minimum Gasteiger partial charge on any atom is -0.396 e. The number of unbranched alkanes of at least 4 members (excludes halogenated alkanes) is 3. The maximum absolute atomic E-state index is 11.9. The molecule has 96 valence electrons. The lowest BCUT2D eigenvalue weighted by Gasteiger charge is -2.06. The monoisotopic (exact) mass is 258 g/mol. The molecule has 0 aliphatic rings. The first-order valence-corrected chi connectivity index (χ1v) is 7.26. The normalized spacial score (nSPS) is 11.6. The van der Waals surface area contributed by atoms with E-state index in [1.54, 1.807) is 0 Å². The number of hydrogen-bond acceptors (Lipinski definition) is 5. The van der Waals surface area contributed by atoms with Crippen molar-refractivity contribution in [1.82, 2.24) is 4.98 Å². The molecule has 0 fully saturated rings. The molecule has 1 rings (SSSR count). The first-order chi connectivity index (χ1) is 8.08. The largest absolute Gasteiger partial charge is 0.396 e. The number of nitrogens with two attached hydrogens (primary N) is 1. The van der Waals surface area contributed by atoms with Crippen LogP contribution in [0.1, 0.15) is 25.7 Å². The van der Waals surface area contributed by atoms with E-state index in [1.807, 2.05) is 0 Å². The fourth-order valence-corrected chi connectivity index (χ4v) is 3.03. The summed E-state index contributed by atoms with van der Waals surface area (Å²) in [5, 5.41) is 8.60. The highest BCUT2D eigenvalue weighted by Crippen LogP contribution is 2.18. The number of rotatable bonds is 7. The predicted molar refractivity (Wildman–Crippen MR) is 66.3 cm³/mol. The standard InChI is InChI=1S/C11H18N2O3S/c12-10-9-13-6-5-11(10)17(15,16)8-4-2-1-3-7-14/h5-6,9,14H,1-4,7-8,12H2. The SMILES string of the molecule is Nc1cnccc1S(=O)(=O)CCCCCCO. The van der Waals surface area contributed by atoms with Crippen LogP contribution in [0.15, 0.2) is 23.4 Å². The Morgan fingerprint density at radius 1 is 1.24 bits per heavy atom. The maximum atomic E-state index is 11.9. The van der Waals surface area contributed by atoms with E-state index in [1.165, 1.54) is 18.5 Å². The molecule has 1 aromatic heterocycles. The molecular formula is C11H18N2O3S. The van der Waals surface area contributed by atoms with Crippen LogP contribution in [0.3, 0.4) is 0 Å². The van der Waals surface area contributed by atoms with Crippen LogP contribution in [0.2, 0.25) is 0 Å². The average Bonchev–Trinajstić information content (AvgIpc) is 2.29. The van der Waals surface area contributed by atoms with E-state index in [-0.39, 0.29) is 22.9 Å². The number of hydrogen-bond donors (Lipinski definition) is 2. The Balaban J connectivity index is 2.55. The van der Waals surface area contributed by atoms with Gasteiger partial charge in [0.1, 0.15) is 0 Å². The van der Waals surface area contributed by atoms with Gasteiger partial charge in [0.2, 0.25) is 0 Å². The van der Waals surface area contributed by atoms with Crippen LogP contribution in [0.5, 0.6) is 0 Å². The Labute approximate surface area is 102 Å². The molecule has 0 amide bonds. The van der Waals surface area contributed by atoms with Gasteiger partial charge < -0.3 is 10.8 Å². The average molecular weight is 258 g/mol. The number of aliphatic hydroxyl groups excluding tert-OH is 1. The highest BCUT2D eigenvalue weighted by Gasteiger charge is 2.16. The van der Waals surface area contributed by atoms with E-state index in [0.717, 1.165) is 19.3 Å². The molecular weight excluding hydrogens is 240 g/mol. The van der Waals surface area contributed by atoms with Crippen LogP contribution in [0.4, 0.5) is 5.69 Å². The summed E-state index contributed by atoms with van der Waals surface area (Å²) in [6.45, 7) is 0.157. The van der Waals surface area contributed by atoms with Crippen molar-refractivity contribution < 1.29 is 13.5 Å². The number of anilines is 1. The van der Waals surface area contributed by atoms with Crippen LogP contribution in [0.25, 0.3) is 0 Å². The number of aromatic nitrogens is 1. The molecule has 1 heterocycles. The Bertz CT molecular complexity index is 446. The molecule has 0 unspecified atom stereocenters. The molecule has 17 heavy (non-hydrogen) atoms. The van der Waals surface area contributed by atoms with E-state index in [9.17, 15) is 8.42 Å². The third-order valence-corrected chi connectivity index (χ3v) is 4.33. The Hall–Kier alpha value is -1.14. The first-order valence-electron chi connectivity index (χ1n) is 5.61. The lowest BCUT2D eigenvalue weighted by molar-refractivity contribution is 0.283. The van der Waals surface area contributed by atoms with Gasteiger partial charge in [0.05, 0.1) is 22.5 Å². The zero-order valence-corrected chi connectivity index (χ0v) is 10.5. The summed E-state index contributed by atoms with van der Waals surface area (Å²) in [7, 11) is -3.31. The summed E-state index contributed by atoms with van der Waals surface area (Å²) < 4.78 is 23.9. The number of nitrogens with zero attached hydrogens (tertiary/aromatic N) is 1. The third-order valence-electron chi connectivity index (χ3n) is 2.47. The molecule has 0 radical (unpaired) electrons. The van der Waals surface area contributed by atoms with Crippen LogP contribution < -0.4 is 5.73 Å². The molecule has 0 saturated heterocycles. The summed E-state index contributed by atoms with van der Waals surface area (Å²) in [5.41, 5.74) is 5.78. The Morgan fingerprint density at radius 2 is 1.94 bits per heavy atom.